The lowest BCUT2D eigenvalue weighted by molar-refractivity contribution is -0.136. The lowest BCUT2D eigenvalue weighted by Crippen LogP contribution is -2.17. The summed E-state index contributed by atoms with van der Waals surface area (Å²) in [7, 11) is 0. The van der Waals surface area contributed by atoms with Gasteiger partial charge in [0.1, 0.15) is 0 Å². The molecule has 0 spiro atoms. The molecule has 0 aliphatic rings. The van der Waals surface area contributed by atoms with E-state index in [4.69, 9.17) is 4.98 Å². The Hall–Kier alpha value is -2.14. The van der Waals surface area contributed by atoms with Crippen molar-refractivity contribution in [3.05, 3.63) is 46.6 Å². The van der Waals surface area contributed by atoms with E-state index in [2.05, 4.69) is 52.0 Å². The van der Waals surface area contributed by atoms with E-state index in [1.165, 1.54) is 5.56 Å². The molecule has 0 aliphatic carbocycles. The highest BCUT2D eigenvalue weighted by atomic mass is 32.1. The lowest BCUT2D eigenvalue weighted by atomic mass is 9.90. The molecule has 0 unspecified atom stereocenters. The van der Waals surface area contributed by atoms with E-state index in [1.807, 2.05) is 9.78 Å². The molecule has 0 saturated carbocycles. The van der Waals surface area contributed by atoms with Crippen LogP contribution < -0.4 is 0 Å². The van der Waals surface area contributed by atoms with Crippen LogP contribution >= 0.6 is 11.3 Å². The average molecular weight is 328 g/mol. The van der Waals surface area contributed by atoms with Crippen molar-refractivity contribution >= 4 is 22.3 Å². The SMILES string of the molecule is Cc1ccc(-c2csc3nc(C(C)(C)C)c(CC(=O)O)n23)cc1. The van der Waals surface area contributed by atoms with Crippen LogP contribution in [0, 0.1) is 6.92 Å². The zero-order chi connectivity index (χ0) is 16.8. The molecule has 2 heterocycles. The number of aryl methyl sites for hydroxylation is 1. The molecule has 4 nitrogen and oxygen atoms in total. The van der Waals surface area contributed by atoms with Crippen LogP contribution in [0.4, 0.5) is 0 Å². The second-order valence-electron chi connectivity index (χ2n) is 6.83. The molecule has 23 heavy (non-hydrogen) atoms. The Labute approximate surface area is 139 Å². The van der Waals surface area contributed by atoms with E-state index in [1.54, 1.807) is 11.3 Å². The van der Waals surface area contributed by atoms with Gasteiger partial charge < -0.3 is 5.11 Å². The van der Waals surface area contributed by atoms with E-state index < -0.39 is 5.97 Å². The number of fused-ring (bicyclic) bond motifs is 1. The van der Waals surface area contributed by atoms with Crippen molar-refractivity contribution in [3.8, 4) is 11.3 Å². The second-order valence-corrected chi connectivity index (χ2v) is 7.67. The predicted molar refractivity (Wildman–Crippen MR) is 93.3 cm³/mol. The Morgan fingerprint density at radius 2 is 1.91 bits per heavy atom. The van der Waals surface area contributed by atoms with Gasteiger partial charge in [-0.15, -0.1) is 11.3 Å². The molecule has 0 atom stereocenters. The van der Waals surface area contributed by atoms with Gasteiger partial charge in [0.25, 0.3) is 0 Å². The summed E-state index contributed by atoms with van der Waals surface area (Å²) in [5, 5.41) is 11.4. The standard InChI is InChI=1S/C18H20N2O2S/c1-11-5-7-12(8-6-11)14-10-23-17-19-16(18(2,3)4)13(20(14)17)9-15(21)22/h5-8,10H,9H2,1-4H3,(H,21,22). The van der Waals surface area contributed by atoms with Gasteiger partial charge >= 0.3 is 5.97 Å². The topological polar surface area (TPSA) is 54.6 Å². The molecule has 120 valence electrons. The van der Waals surface area contributed by atoms with E-state index in [9.17, 15) is 9.90 Å². The van der Waals surface area contributed by atoms with Crippen molar-refractivity contribution in [2.45, 2.75) is 39.5 Å². The Bertz CT molecular complexity index is 867. The number of carboxylic acids is 1. The summed E-state index contributed by atoms with van der Waals surface area (Å²) in [5.41, 5.74) is 4.72. The molecule has 0 radical (unpaired) electrons. The summed E-state index contributed by atoms with van der Waals surface area (Å²) in [5.74, 6) is -0.835. The van der Waals surface area contributed by atoms with Crippen molar-refractivity contribution < 1.29 is 9.90 Å². The van der Waals surface area contributed by atoms with E-state index in [0.717, 1.165) is 27.6 Å². The summed E-state index contributed by atoms with van der Waals surface area (Å²) < 4.78 is 2.00. The van der Waals surface area contributed by atoms with Gasteiger partial charge in [-0.2, -0.15) is 0 Å². The Morgan fingerprint density at radius 3 is 2.48 bits per heavy atom. The van der Waals surface area contributed by atoms with Crippen LogP contribution in [0.1, 0.15) is 37.7 Å². The van der Waals surface area contributed by atoms with Crippen LogP contribution in [0.5, 0.6) is 0 Å². The quantitative estimate of drug-likeness (QED) is 0.780. The number of nitrogens with zero attached hydrogens (tertiary/aromatic N) is 2. The fourth-order valence-corrected chi connectivity index (χ4v) is 3.66. The van der Waals surface area contributed by atoms with E-state index >= 15 is 0 Å². The van der Waals surface area contributed by atoms with Crippen molar-refractivity contribution in [2.24, 2.45) is 0 Å². The normalized spacial score (nSPS) is 12.0. The molecule has 2 aromatic heterocycles. The molecule has 0 aliphatic heterocycles. The van der Waals surface area contributed by atoms with Gasteiger partial charge in [-0.3, -0.25) is 9.20 Å². The third-order valence-corrected chi connectivity index (χ3v) is 4.66. The smallest absolute Gasteiger partial charge is 0.309 e. The highest BCUT2D eigenvalue weighted by Crippen LogP contribution is 2.33. The minimum absolute atomic E-state index is 0.0244. The van der Waals surface area contributed by atoms with E-state index in [0.29, 0.717) is 0 Å². The first-order valence-corrected chi connectivity index (χ1v) is 8.43. The summed E-state index contributed by atoms with van der Waals surface area (Å²) in [6.45, 7) is 8.25. The maximum absolute atomic E-state index is 11.4. The van der Waals surface area contributed by atoms with Gasteiger partial charge in [-0.1, -0.05) is 50.6 Å². The van der Waals surface area contributed by atoms with Crippen molar-refractivity contribution in [2.75, 3.05) is 0 Å². The largest absolute Gasteiger partial charge is 0.481 e. The molecule has 0 saturated heterocycles. The maximum atomic E-state index is 11.4. The first-order chi connectivity index (χ1) is 10.8. The minimum atomic E-state index is -0.835. The first-order valence-electron chi connectivity index (χ1n) is 7.55. The van der Waals surface area contributed by atoms with Crippen molar-refractivity contribution in [1.82, 2.24) is 9.38 Å². The number of thiazole rings is 1. The number of imidazole rings is 1. The second kappa shape index (κ2) is 5.49. The molecule has 5 heteroatoms. The van der Waals surface area contributed by atoms with Crippen molar-refractivity contribution in [1.29, 1.82) is 0 Å². The van der Waals surface area contributed by atoms with Gasteiger partial charge in [0.2, 0.25) is 0 Å². The van der Waals surface area contributed by atoms with E-state index in [-0.39, 0.29) is 11.8 Å². The molecule has 1 N–H and O–H groups in total. The van der Waals surface area contributed by atoms with Gasteiger partial charge in [0.15, 0.2) is 4.96 Å². The highest BCUT2D eigenvalue weighted by molar-refractivity contribution is 7.15. The van der Waals surface area contributed by atoms with Gasteiger partial charge in [-0.25, -0.2) is 4.98 Å². The molecule has 0 amide bonds. The third kappa shape index (κ3) is 2.88. The van der Waals surface area contributed by atoms with Gasteiger partial charge in [0.05, 0.1) is 23.5 Å². The average Bonchev–Trinajstić information content (AvgIpc) is 2.99. The molecule has 0 fully saturated rings. The fourth-order valence-electron chi connectivity index (χ4n) is 2.75. The van der Waals surface area contributed by atoms with Gasteiger partial charge in [-0.05, 0) is 12.5 Å². The van der Waals surface area contributed by atoms with Crippen LogP contribution in [-0.2, 0) is 16.6 Å². The lowest BCUT2D eigenvalue weighted by Gasteiger charge is -2.17. The number of hydrogen-bond donors (Lipinski definition) is 1. The minimum Gasteiger partial charge on any atom is -0.481 e. The van der Waals surface area contributed by atoms with Crippen molar-refractivity contribution in [3.63, 3.8) is 0 Å². The van der Waals surface area contributed by atoms with Crippen LogP contribution in [0.15, 0.2) is 29.6 Å². The highest BCUT2D eigenvalue weighted by Gasteiger charge is 2.27. The molecule has 3 rings (SSSR count). The predicted octanol–water partition coefficient (Wildman–Crippen LogP) is 4.30. The number of carboxylic acid groups (broad SMARTS) is 1. The number of aromatic nitrogens is 2. The number of aliphatic carboxylic acids is 1. The van der Waals surface area contributed by atoms with Crippen LogP contribution in [-0.4, -0.2) is 20.5 Å². The van der Waals surface area contributed by atoms with Gasteiger partial charge in [0, 0.05) is 10.8 Å². The fraction of sp³-hybridized carbons (Fsp3) is 0.333. The summed E-state index contributed by atoms with van der Waals surface area (Å²) in [6, 6.07) is 8.27. The van der Waals surface area contributed by atoms with Crippen LogP contribution in [0.2, 0.25) is 0 Å². The zero-order valence-corrected chi connectivity index (χ0v) is 14.6. The summed E-state index contributed by atoms with van der Waals surface area (Å²) >= 11 is 1.55. The number of rotatable bonds is 3. The monoisotopic (exact) mass is 328 g/mol. The Balaban J connectivity index is 2.26. The zero-order valence-electron chi connectivity index (χ0n) is 13.8. The molecular formula is C18H20N2O2S. The molecule has 3 aromatic rings. The Kier molecular flexibility index (Phi) is 3.76. The number of benzene rings is 1. The molecular weight excluding hydrogens is 308 g/mol. The van der Waals surface area contributed by atoms with Crippen LogP contribution in [0.3, 0.4) is 0 Å². The summed E-state index contributed by atoms with van der Waals surface area (Å²) in [6.07, 6.45) is -0.0244. The number of hydrogen-bond acceptors (Lipinski definition) is 3. The Morgan fingerprint density at radius 1 is 1.26 bits per heavy atom. The maximum Gasteiger partial charge on any atom is 0.309 e. The molecule has 1 aromatic carbocycles. The third-order valence-electron chi connectivity index (χ3n) is 3.84. The first kappa shape index (κ1) is 15.7. The van der Waals surface area contributed by atoms with Crippen LogP contribution in [0.25, 0.3) is 16.2 Å². The molecule has 0 bridgehead atoms. The number of carbonyl (C=O) groups is 1. The summed E-state index contributed by atoms with van der Waals surface area (Å²) in [4.78, 5) is 16.9.